The molecule has 0 aromatic carbocycles. The van der Waals surface area contributed by atoms with E-state index in [9.17, 15) is 4.79 Å². The molecule has 0 saturated heterocycles. The minimum absolute atomic E-state index is 0.349. The number of carbonyl (C=O) groups excluding carboxylic acids is 1. The molecule has 0 heterocycles. The standard InChI is InChI=1S/C9H15NO/c1-4-5-8(9(10)11)6-7(2)3/h4,6-7H,1,5H2,2-3H3,(H2,10,11). The summed E-state index contributed by atoms with van der Waals surface area (Å²) < 4.78 is 0. The lowest BCUT2D eigenvalue weighted by Gasteiger charge is -2.00. The van der Waals surface area contributed by atoms with Crippen LogP contribution in [0.5, 0.6) is 0 Å². The van der Waals surface area contributed by atoms with Crippen LogP contribution in [-0.2, 0) is 4.79 Å². The van der Waals surface area contributed by atoms with Crippen LogP contribution in [0.3, 0.4) is 0 Å². The van der Waals surface area contributed by atoms with Crippen molar-refractivity contribution in [2.24, 2.45) is 11.7 Å². The fourth-order valence-corrected chi connectivity index (χ4v) is 0.809. The Morgan fingerprint density at radius 1 is 1.64 bits per heavy atom. The molecule has 0 radical (unpaired) electrons. The fourth-order valence-electron chi connectivity index (χ4n) is 0.809. The normalized spacial score (nSPS) is 11.7. The molecule has 0 bridgehead atoms. The predicted octanol–water partition coefficient (Wildman–Crippen LogP) is 1.63. The van der Waals surface area contributed by atoms with E-state index >= 15 is 0 Å². The molecule has 0 aromatic rings. The van der Waals surface area contributed by atoms with Crippen LogP contribution in [0.15, 0.2) is 24.3 Å². The number of carbonyl (C=O) groups is 1. The van der Waals surface area contributed by atoms with E-state index in [1.807, 2.05) is 19.9 Å². The summed E-state index contributed by atoms with van der Waals surface area (Å²) in [5.41, 5.74) is 5.76. The third-order valence-electron chi connectivity index (χ3n) is 1.22. The molecular formula is C9H15NO. The summed E-state index contributed by atoms with van der Waals surface area (Å²) in [6.07, 6.45) is 4.11. The predicted molar refractivity (Wildman–Crippen MR) is 46.9 cm³/mol. The molecule has 1 amide bonds. The lowest BCUT2D eigenvalue weighted by Crippen LogP contribution is -2.14. The minimum atomic E-state index is -0.349. The van der Waals surface area contributed by atoms with E-state index in [0.717, 1.165) is 0 Å². The van der Waals surface area contributed by atoms with E-state index in [4.69, 9.17) is 5.73 Å². The van der Waals surface area contributed by atoms with Crippen molar-refractivity contribution in [2.45, 2.75) is 20.3 Å². The Morgan fingerprint density at radius 2 is 2.18 bits per heavy atom. The van der Waals surface area contributed by atoms with Crippen molar-refractivity contribution >= 4 is 5.91 Å². The Hall–Kier alpha value is -1.05. The molecule has 62 valence electrons. The number of amides is 1. The van der Waals surface area contributed by atoms with E-state index in [1.54, 1.807) is 6.08 Å². The van der Waals surface area contributed by atoms with Crippen LogP contribution in [-0.4, -0.2) is 5.91 Å². The van der Waals surface area contributed by atoms with Gasteiger partial charge < -0.3 is 5.73 Å². The second-order valence-corrected chi connectivity index (χ2v) is 2.79. The highest BCUT2D eigenvalue weighted by molar-refractivity contribution is 5.92. The number of primary amides is 1. The van der Waals surface area contributed by atoms with Gasteiger partial charge in [0.25, 0.3) is 0 Å². The number of allylic oxidation sites excluding steroid dienone is 2. The Balaban J connectivity index is 4.32. The highest BCUT2D eigenvalue weighted by atomic mass is 16.1. The number of hydrogen-bond acceptors (Lipinski definition) is 1. The van der Waals surface area contributed by atoms with Gasteiger partial charge in [0.05, 0.1) is 0 Å². The largest absolute Gasteiger partial charge is 0.366 e. The van der Waals surface area contributed by atoms with Crippen LogP contribution < -0.4 is 5.73 Å². The van der Waals surface area contributed by atoms with Gasteiger partial charge >= 0.3 is 0 Å². The maximum Gasteiger partial charge on any atom is 0.244 e. The number of rotatable bonds is 4. The van der Waals surface area contributed by atoms with Gasteiger partial charge in [-0.1, -0.05) is 26.0 Å². The first-order valence-electron chi connectivity index (χ1n) is 3.69. The highest BCUT2D eigenvalue weighted by Gasteiger charge is 2.02. The molecule has 0 spiro atoms. The summed E-state index contributed by atoms with van der Waals surface area (Å²) in [6, 6.07) is 0. The summed E-state index contributed by atoms with van der Waals surface area (Å²) in [7, 11) is 0. The molecule has 0 rings (SSSR count). The van der Waals surface area contributed by atoms with Crippen molar-refractivity contribution in [3.63, 3.8) is 0 Å². The summed E-state index contributed by atoms with van der Waals surface area (Å²) in [6.45, 7) is 7.55. The van der Waals surface area contributed by atoms with Gasteiger partial charge in [-0.05, 0) is 12.3 Å². The van der Waals surface area contributed by atoms with Crippen molar-refractivity contribution in [1.82, 2.24) is 0 Å². The summed E-state index contributed by atoms with van der Waals surface area (Å²) >= 11 is 0. The Kier molecular flexibility index (Phi) is 4.27. The van der Waals surface area contributed by atoms with Gasteiger partial charge in [0.15, 0.2) is 0 Å². The zero-order chi connectivity index (χ0) is 8.85. The summed E-state index contributed by atoms with van der Waals surface area (Å²) in [4.78, 5) is 10.7. The first-order chi connectivity index (χ1) is 5.07. The minimum Gasteiger partial charge on any atom is -0.366 e. The van der Waals surface area contributed by atoms with Gasteiger partial charge in [0, 0.05) is 5.57 Å². The van der Waals surface area contributed by atoms with Crippen molar-refractivity contribution in [2.75, 3.05) is 0 Å². The molecule has 2 N–H and O–H groups in total. The lowest BCUT2D eigenvalue weighted by atomic mass is 10.1. The Bertz CT molecular complexity index is 180. The first kappa shape index (κ1) is 9.95. The molecule has 0 unspecified atom stereocenters. The molecule has 2 nitrogen and oxygen atoms in total. The molecule has 0 atom stereocenters. The van der Waals surface area contributed by atoms with Crippen molar-refractivity contribution in [3.8, 4) is 0 Å². The second-order valence-electron chi connectivity index (χ2n) is 2.79. The summed E-state index contributed by atoms with van der Waals surface area (Å²) in [5, 5.41) is 0. The van der Waals surface area contributed by atoms with Crippen LogP contribution in [0.2, 0.25) is 0 Å². The second kappa shape index (κ2) is 4.72. The third-order valence-corrected chi connectivity index (χ3v) is 1.22. The van der Waals surface area contributed by atoms with Gasteiger partial charge in [-0.25, -0.2) is 0 Å². The summed E-state index contributed by atoms with van der Waals surface area (Å²) in [5.74, 6) is 0.0102. The van der Waals surface area contributed by atoms with Gasteiger partial charge in [-0.3, -0.25) is 4.79 Å². The SMILES string of the molecule is C=CCC(=CC(C)C)C(N)=O. The van der Waals surface area contributed by atoms with Crippen molar-refractivity contribution in [1.29, 1.82) is 0 Å². The van der Waals surface area contributed by atoms with Crippen molar-refractivity contribution < 1.29 is 4.79 Å². The maximum absolute atomic E-state index is 10.7. The van der Waals surface area contributed by atoms with E-state index in [0.29, 0.717) is 17.9 Å². The van der Waals surface area contributed by atoms with Gasteiger partial charge in [-0.15, -0.1) is 6.58 Å². The zero-order valence-corrected chi connectivity index (χ0v) is 7.13. The zero-order valence-electron chi connectivity index (χ0n) is 7.13. The van der Waals surface area contributed by atoms with Gasteiger partial charge in [-0.2, -0.15) is 0 Å². The van der Waals surface area contributed by atoms with E-state index in [2.05, 4.69) is 6.58 Å². The number of nitrogens with two attached hydrogens (primary N) is 1. The van der Waals surface area contributed by atoms with Gasteiger partial charge in [0.1, 0.15) is 0 Å². The molecule has 0 aliphatic rings. The Morgan fingerprint density at radius 3 is 2.45 bits per heavy atom. The van der Waals surface area contributed by atoms with Crippen LogP contribution in [0.4, 0.5) is 0 Å². The van der Waals surface area contributed by atoms with Crippen molar-refractivity contribution in [3.05, 3.63) is 24.3 Å². The smallest absolute Gasteiger partial charge is 0.244 e. The van der Waals surface area contributed by atoms with E-state index < -0.39 is 0 Å². The van der Waals surface area contributed by atoms with Gasteiger partial charge in [0.2, 0.25) is 5.91 Å². The topological polar surface area (TPSA) is 43.1 Å². The quantitative estimate of drug-likeness (QED) is 0.484. The average molecular weight is 153 g/mol. The monoisotopic (exact) mass is 153 g/mol. The van der Waals surface area contributed by atoms with Crippen LogP contribution in [0.1, 0.15) is 20.3 Å². The maximum atomic E-state index is 10.7. The lowest BCUT2D eigenvalue weighted by molar-refractivity contribution is -0.114. The Labute approximate surface area is 67.8 Å². The fraction of sp³-hybridized carbons (Fsp3) is 0.444. The molecule has 0 saturated carbocycles. The molecule has 0 aliphatic heterocycles. The molecule has 0 fully saturated rings. The molecule has 0 aromatic heterocycles. The molecule has 0 aliphatic carbocycles. The van der Waals surface area contributed by atoms with E-state index in [1.165, 1.54) is 0 Å². The molecular weight excluding hydrogens is 138 g/mol. The first-order valence-corrected chi connectivity index (χ1v) is 3.69. The highest BCUT2D eigenvalue weighted by Crippen LogP contribution is 2.06. The molecule has 2 heteroatoms. The van der Waals surface area contributed by atoms with Crippen LogP contribution in [0, 0.1) is 5.92 Å². The number of hydrogen-bond donors (Lipinski definition) is 1. The average Bonchev–Trinajstić information content (AvgIpc) is 1.86. The van der Waals surface area contributed by atoms with Crippen LogP contribution in [0.25, 0.3) is 0 Å². The third kappa shape index (κ3) is 4.37. The van der Waals surface area contributed by atoms with Crippen LogP contribution >= 0.6 is 0 Å². The molecule has 11 heavy (non-hydrogen) atoms. The van der Waals surface area contributed by atoms with E-state index in [-0.39, 0.29) is 5.91 Å².